The number of carbonyl (C=O) groups is 2. The van der Waals surface area contributed by atoms with Crippen molar-refractivity contribution in [1.82, 2.24) is 4.31 Å². The largest absolute Gasteiger partial charge is 0.481 e. The van der Waals surface area contributed by atoms with E-state index < -0.39 is 33.3 Å². The number of carbonyl (C=O) groups excluding carboxylic acids is 1. The highest BCUT2D eigenvalue weighted by Crippen LogP contribution is 2.41. The molecular weight excluding hydrogens is 310 g/mol. The molecule has 22 heavy (non-hydrogen) atoms. The van der Waals surface area contributed by atoms with Crippen LogP contribution >= 0.6 is 0 Å². The van der Waals surface area contributed by atoms with Gasteiger partial charge in [0.25, 0.3) is 0 Å². The van der Waals surface area contributed by atoms with Gasteiger partial charge in [-0.05, 0) is 25.7 Å². The van der Waals surface area contributed by atoms with Crippen LogP contribution < -0.4 is 0 Å². The minimum Gasteiger partial charge on any atom is -0.481 e. The van der Waals surface area contributed by atoms with Gasteiger partial charge >= 0.3 is 11.9 Å². The average molecular weight is 333 g/mol. The quantitative estimate of drug-likeness (QED) is 0.748. The highest BCUT2D eigenvalue weighted by molar-refractivity contribution is 7.89. The first-order valence-electron chi connectivity index (χ1n) is 7.60. The van der Waals surface area contributed by atoms with E-state index in [1.165, 1.54) is 11.4 Å². The van der Waals surface area contributed by atoms with Crippen molar-refractivity contribution in [2.45, 2.75) is 38.5 Å². The van der Waals surface area contributed by atoms with Crippen molar-refractivity contribution in [3.8, 4) is 0 Å². The van der Waals surface area contributed by atoms with Crippen LogP contribution in [-0.4, -0.2) is 55.7 Å². The second kappa shape index (κ2) is 6.54. The summed E-state index contributed by atoms with van der Waals surface area (Å²) < 4.78 is 31.4. The molecule has 1 atom stereocenters. The van der Waals surface area contributed by atoms with Gasteiger partial charge < -0.3 is 9.84 Å². The van der Waals surface area contributed by atoms with Gasteiger partial charge in [0.15, 0.2) is 0 Å². The molecule has 1 saturated heterocycles. The minimum atomic E-state index is -3.68. The maximum atomic E-state index is 12.7. The fourth-order valence-corrected chi connectivity index (χ4v) is 5.61. The van der Waals surface area contributed by atoms with Crippen LogP contribution in [0.25, 0.3) is 0 Å². The van der Waals surface area contributed by atoms with Crippen molar-refractivity contribution < 1.29 is 27.9 Å². The van der Waals surface area contributed by atoms with Crippen molar-refractivity contribution in [3.05, 3.63) is 0 Å². The second-order valence-corrected chi connectivity index (χ2v) is 8.24. The average Bonchev–Trinajstić information content (AvgIpc) is 2.95. The summed E-state index contributed by atoms with van der Waals surface area (Å²) in [6.45, 7) is 0.318. The van der Waals surface area contributed by atoms with Gasteiger partial charge in [0, 0.05) is 13.1 Å². The van der Waals surface area contributed by atoms with Crippen LogP contribution in [0.15, 0.2) is 0 Å². The predicted molar refractivity (Wildman–Crippen MR) is 78.6 cm³/mol. The first-order chi connectivity index (χ1) is 10.3. The van der Waals surface area contributed by atoms with Crippen LogP contribution in [0, 0.1) is 11.3 Å². The zero-order chi connectivity index (χ0) is 16.4. The molecule has 1 aliphatic heterocycles. The summed E-state index contributed by atoms with van der Waals surface area (Å²) in [6, 6.07) is 0. The van der Waals surface area contributed by atoms with Crippen molar-refractivity contribution in [1.29, 1.82) is 0 Å². The second-order valence-electron chi connectivity index (χ2n) is 6.27. The number of hydrogen-bond donors (Lipinski definition) is 1. The summed E-state index contributed by atoms with van der Waals surface area (Å²) in [5, 5.41) is 9.09. The Kier molecular flexibility index (Phi) is 5.11. The molecule has 1 aliphatic carbocycles. The molecule has 2 fully saturated rings. The molecule has 0 spiro atoms. The van der Waals surface area contributed by atoms with Gasteiger partial charge in [-0.1, -0.05) is 12.8 Å². The van der Waals surface area contributed by atoms with Gasteiger partial charge in [-0.3, -0.25) is 9.59 Å². The van der Waals surface area contributed by atoms with E-state index in [0.717, 1.165) is 12.8 Å². The Morgan fingerprint density at radius 1 is 1.27 bits per heavy atom. The number of aliphatic carboxylic acids is 1. The summed E-state index contributed by atoms with van der Waals surface area (Å²) in [4.78, 5) is 23.2. The zero-order valence-corrected chi connectivity index (χ0v) is 13.6. The summed E-state index contributed by atoms with van der Waals surface area (Å²) in [6.07, 6.45) is 3.65. The third kappa shape index (κ3) is 3.43. The van der Waals surface area contributed by atoms with Crippen LogP contribution in [0.5, 0.6) is 0 Å². The van der Waals surface area contributed by atoms with Gasteiger partial charge in [-0.15, -0.1) is 0 Å². The van der Waals surface area contributed by atoms with Crippen LogP contribution in [0.4, 0.5) is 0 Å². The number of piperidine rings is 1. The number of carboxylic acids is 1. The van der Waals surface area contributed by atoms with Gasteiger partial charge in [-0.25, -0.2) is 12.7 Å². The molecule has 1 saturated carbocycles. The summed E-state index contributed by atoms with van der Waals surface area (Å²) in [5.74, 6) is -2.39. The van der Waals surface area contributed by atoms with Crippen LogP contribution in [0.1, 0.15) is 38.5 Å². The van der Waals surface area contributed by atoms with Crippen molar-refractivity contribution >= 4 is 22.0 Å². The van der Waals surface area contributed by atoms with E-state index >= 15 is 0 Å². The lowest BCUT2D eigenvalue weighted by molar-refractivity contribution is -0.151. The lowest BCUT2D eigenvalue weighted by Crippen LogP contribution is -2.47. The Morgan fingerprint density at radius 3 is 2.45 bits per heavy atom. The number of methoxy groups -OCH3 is 1. The van der Waals surface area contributed by atoms with Gasteiger partial charge in [0.1, 0.15) is 0 Å². The molecule has 0 aromatic carbocycles. The Labute approximate surface area is 130 Å². The lowest BCUT2D eigenvalue weighted by atomic mass is 9.89. The van der Waals surface area contributed by atoms with Gasteiger partial charge in [0.2, 0.25) is 10.0 Å². The van der Waals surface area contributed by atoms with Gasteiger partial charge in [0.05, 0.1) is 24.2 Å². The maximum absolute atomic E-state index is 12.7. The molecule has 7 nitrogen and oxygen atoms in total. The summed E-state index contributed by atoms with van der Waals surface area (Å²) in [7, 11) is -2.40. The van der Waals surface area contributed by atoms with Gasteiger partial charge in [-0.2, -0.15) is 0 Å². The number of esters is 1. The normalized spacial score (nSPS) is 25.8. The molecule has 0 radical (unpaired) electrons. The highest BCUT2D eigenvalue weighted by atomic mass is 32.2. The monoisotopic (exact) mass is 333 g/mol. The van der Waals surface area contributed by atoms with E-state index in [9.17, 15) is 18.0 Å². The van der Waals surface area contributed by atoms with Crippen molar-refractivity contribution in [3.63, 3.8) is 0 Å². The summed E-state index contributed by atoms with van der Waals surface area (Å²) >= 11 is 0. The molecule has 0 aromatic rings. The maximum Gasteiger partial charge on any atom is 0.312 e. The molecule has 0 aromatic heterocycles. The Morgan fingerprint density at radius 2 is 1.91 bits per heavy atom. The topological polar surface area (TPSA) is 101 Å². The number of sulfonamides is 1. The fourth-order valence-electron chi connectivity index (χ4n) is 3.51. The molecule has 1 heterocycles. The molecule has 2 rings (SSSR count). The Balaban J connectivity index is 2.15. The van der Waals surface area contributed by atoms with Crippen LogP contribution in [0.2, 0.25) is 0 Å². The standard InChI is InChI=1S/C14H23NO6S/c1-21-13(18)14(6-2-3-7-14)10-22(19,20)15-8-4-5-11(9-15)12(16)17/h11H,2-10H2,1H3,(H,16,17). The number of rotatable bonds is 5. The summed E-state index contributed by atoms with van der Waals surface area (Å²) in [5.41, 5.74) is -0.969. The van der Waals surface area contributed by atoms with E-state index in [-0.39, 0.29) is 12.3 Å². The molecule has 1 unspecified atom stereocenters. The molecule has 126 valence electrons. The molecule has 8 heteroatoms. The molecular formula is C14H23NO6S. The number of ether oxygens (including phenoxy) is 1. The first kappa shape index (κ1) is 17.2. The SMILES string of the molecule is COC(=O)C1(CS(=O)(=O)N2CCCC(C(=O)O)C2)CCCC1. The Hall–Kier alpha value is -1.15. The van der Waals surface area contributed by atoms with Crippen molar-refractivity contribution in [2.75, 3.05) is 26.0 Å². The molecule has 0 bridgehead atoms. The number of carboxylic acid groups (broad SMARTS) is 1. The first-order valence-corrected chi connectivity index (χ1v) is 9.21. The molecule has 0 amide bonds. The van der Waals surface area contributed by atoms with Crippen molar-refractivity contribution in [2.24, 2.45) is 11.3 Å². The third-order valence-corrected chi connectivity index (χ3v) is 6.80. The lowest BCUT2D eigenvalue weighted by Gasteiger charge is -2.33. The number of nitrogens with zero attached hydrogens (tertiary/aromatic N) is 1. The highest BCUT2D eigenvalue weighted by Gasteiger charge is 2.47. The van der Waals surface area contributed by atoms with E-state index in [0.29, 0.717) is 32.2 Å². The Bertz CT molecular complexity index is 538. The van der Waals surface area contributed by atoms with E-state index in [1.807, 2.05) is 0 Å². The van der Waals surface area contributed by atoms with Crippen LogP contribution in [0.3, 0.4) is 0 Å². The van der Waals surface area contributed by atoms with Crippen LogP contribution in [-0.2, 0) is 24.3 Å². The van der Waals surface area contributed by atoms with E-state index in [2.05, 4.69) is 0 Å². The number of hydrogen-bond acceptors (Lipinski definition) is 5. The van der Waals surface area contributed by atoms with E-state index in [1.54, 1.807) is 0 Å². The molecule has 2 aliphatic rings. The smallest absolute Gasteiger partial charge is 0.312 e. The van der Waals surface area contributed by atoms with E-state index in [4.69, 9.17) is 9.84 Å². The third-order valence-electron chi connectivity index (χ3n) is 4.76. The molecule has 1 N–H and O–H groups in total. The predicted octanol–water partition coefficient (Wildman–Crippen LogP) is 0.846. The minimum absolute atomic E-state index is 0.00504. The zero-order valence-electron chi connectivity index (χ0n) is 12.8. The fraction of sp³-hybridized carbons (Fsp3) is 0.857.